The monoisotopic (exact) mass is 206 g/mol. The Morgan fingerprint density at radius 2 is 1.93 bits per heavy atom. The van der Waals surface area contributed by atoms with Crippen LogP contribution in [0, 0.1) is 5.82 Å². The molecule has 0 aromatic carbocycles. The largest absolute Gasteiger partial charge is 0.479 e. The van der Waals surface area contributed by atoms with Gasteiger partial charge in [0.25, 0.3) is 0 Å². The number of hydrogen-bond donors (Lipinski definition) is 0. The van der Waals surface area contributed by atoms with Crippen molar-refractivity contribution >= 4 is 0 Å². The van der Waals surface area contributed by atoms with Crippen LogP contribution in [0.15, 0.2) is 24.9 Å². The summed E-state index contributed by atoms with van der Waals surface area (Å²) >= 11 is 0. The Morgan fingerprint density at radius 3 is 2.53 bits per heavy atom. The number of ether oxygens (including phenoxy) is 1. The zero-order valence-corrected chi connectivity index (χ0v) is 7.88. The second-order valence-corrected chi connectivity index (χ2v) is 2.68. The average Bonchev–Trinajstić information content (AvgIpc) is 2.30. The first kappa shape index (κ1) is 9.45. The summed E-state index contributed by atoms with van der Waals surface area (Å²) in [6.45, 7) is 0. The SMILES string of the molecule is COc1ncc(-c2ncncn2)cc1F. The number of aromatic nitrogens is 4. The molecule has 2 aromatic rings. The van der Waals surface area contributed by atoms with E-state index >= 15 is 0 Å². The van der Waals surface area contributed by atoms with Gasteiger partial charge in [-0.2, -0.15) is 0 Å². The highest BCUT2D eigenvalue weighted by atomic mass is 19.1. The molecule has 0 fully saturated rings. The normalized spacial score (nSPS) is 10.0. The van der Waals surface area contributed by atoms with Crippen molar-refractivity contribution in [3.05, 3.63) is 30.7 Å². The van der Waals surface area contributed by atoms with Crippen LogP contribution in [-0.2, 0) is 0 Å². The summed E-state index contributed by atoms with van der Waals surface area (Å²) in [6, 6.07) is 1.27. The van der Waals surface area contributed by atoms with Crippen LogP contribution in [0.2, 0.25) is 0 Å². The van der Waals surface area contributed by atoms with E-state index in [1.807, 2.05) is 0 Å². The molecule has 0 bridgehead atoms. The number of halogens is 1. The van der Waals surface area contributed by atoms with Crippen LogP contribution in [0.4, 0.5) is 4.39 Å². The first-order valence-corrected chi connectivity index (χ1v) is 4.13. The maximum absolute atomic E-state index is 13.3. The van der Waals surface area contributed by atoms with Gasteiger partial charge in [0, 0.05) is 11.8 Å². The Hall–Kier alpha value is -2.11. The van der Waals surface area contributed by atoms with Gasteiger partial charge in [-0.3, -0.25) is 0 Å². The molecule has 0 N–H and O–H groups in total. The summed E-state index contributed by atoms with van der Waals surface area (Å²) in [6.07, 6.45) is 4.12. The average molecular weight is 206 g/mol. The Morgan fingerprint density at radius 1 is 1.20 bits per heavy atom. The summed E-state index contributed by atoms with van der Waals surface area (Å²) < 4.78 is 18.0. The Labute approximate surface area is 85.0 Å². The zero-order valence-electron chi connectivity index (χ0n) is 7.88. The molecule has 0 radical (unpaired) electrons. The maximum Gasteiger partial charge on any atom is 0.250 e. The van der Waals surface area contributed by atoms with Gasteiger partial charge in [-0.05, 0) is 6.07 Å². The summed E-state index contributed by atoms with van der Waals surface area (Å²) in [5.41, 5.74) is 0.482. The lowest BCUT2D eigenvalue weighted by Gasteiger charge is -2.02. The molecule has 0 aliphatic rings. The maximum atomic E-state index is 13.3. The van der Waals surface area contributed by atoms with Crippen molar-refractivity contribution < 1.29 is 9.13 Å². The predicted molar refractivity (Wildman–Crippen MR) is 49.6 cm³/mol. The van der Waals surface area contributed by atoms with Crippen LogP contribution in [0.3, 0.4) is 0 Å². The van der Waals surface area contributed by atoms with Crippen LogP contribution in [0.25, 0.3) is 11.4 Å². The van der Waals surface area contributed by atoms with Crippen molar-refractivity contribution in [1.29, 1.82) is 0 Å². The van der Waals surface area contributed by atoms with Crippen LogP contribution in [-0.4, -0.2) is 27.0 Å². The van der Waals surface area contributed by atoms with Gasteiger partial charge >= 0.3 is 0 Å². The van der Waals surface area contributed by atoms with Gasteiger partial charge < -0.3 is 4.74 Å². The first-order chi connectivity index (χ1) is 7.31. The van der Waals surface area contributed by atoms with Gasteiger partial charge in [0.05, 0.1) is 7.11 Å². The standard InChI is InChI=1S/C9H7FN4O/c1-15-9-7(10)2-6(3-12-9)8-13-4-11-5-14-8/h2-5H,1H3. The van der Waals surface area contributed by atoms with E-state index in [0.717, 1.165) is 0 Å². The summed E-state index contributed by atoms with van der Waals surface area (Å²) in [5.74, 6) is -0.220. The molecule has 0 aliphatic carbocycles. The number of hydrogen-bond acceptors (Lipinski definition) is 5. The van der Waals surface area contributed by atoms with Gasteiger partial charge in [-0.25, -0.2) is 24.3 Å². The molecule has 76 valence electrons. The number of rotatable bonds is 2. The molecule has 0 spiro atoms. The fraction of sp³-hybridized carbons (Fsp3) is 0.111. The molecule has 6 heteroatoms. The Kier molecular flexibility index (Phi) is 2.49. The van der Waals surface area contributed by atoms with E-state index in [9.17, 15) is 4.39 Å². The van der Waals surface area contributed by atoms with E-state index in [-0.39, 0.29) is 5.88 Å². The third-order valence-corrected chi connectivity index (χ3v) is 1.75. The summed E-state index contributed by atoms with van der Waals surface area (Å²) in [7, 11) is 1.36. The van der Waals surface area contributed by atoms with Crippen LogP contribution in [0.5, 0.6) is 5.88 Å². The van der Waals surface area contributed by atoms with Crippen molar-refractivity contribution in [3.8, 4) is 17.3 Å². The van der Waals surface area contributed by atoms with Gasteiger partial charge in [0.1, 0.15) is 12.7 Å². The number of pyridine rings is 1. The molecule has 0 saturated carbocycles. The number of methoxy groups -OCH3 is 1. The first-order valence-electron chi connectivity index (χ1n) is 4.13. The molecule has 2 aromatic heterocycles. The van der Waals surface area contributed by atoms with Crippen molar-refractivity contribution in [3.63, 3.8) is 0 Å². The van der Waals surface area contributed by atoms with Crippen molar-refractivity contribution in [1.82, 2.24) is 19.9 Å². The van der Waals surface area contributed by atoms with Crippen LogP contribution < -0.4 is 4.74 Å². The molecule has 2 heterocycles. The Bertz CT molecular complexity index is 463. The minimum absolute atomic E-state index is 0.0483. The number of nitrogens with zero attached hydrogens (tertiary/aromatic N) is 4. The smallest absolute Gasteiger partial charge is 0.250 e. The topological polar surface area (TPSA) is 60.8 Å². The van der Waals surface area contributed by atoms with Gasteiger partial charge in [0.15, 0.2) is 11.6 Å². The van der Waals surface area contributed by atoms with E-state index in [2.05, 4.69) is 19.9 Å². The lowest BCUT2D eigenvalue weighted by molar-refractivity contribution is 0.369. The predicted octanol–water partition coefficient (Wildman–Crippen LogP) is 1.08. The second kappa shape index (κ2) is 3.95. The van der Waals surface area contributed by atoms with Gasteiger partial charge in [-0.15, -0.1) is 0 Å². The third-order valence-electron chi connectivity index (χ3n) is 1.75. The van der Waals surface area contributed by atoms with Crippen LogP contribution >= 0.6 is 0 Å². The molecule has 0 saturated heterocycles. The lowest BCUT2D eigenvalue weighted by Crippen LogP contribution is -1.95. The summed E-state index contributed by atoms with van der Waals surface area (Å²) in [5, 5.41) is 0. The van der Waals surface area contributed by atoms with E-state index in [4.69, 9.17) is 4.74 Å². The van der Waals surface area contributed by atoms with Crippen molar-refractivity contribution in [2.24, 2.45) is 0 Å². The van der Waals surface area contributed by atoms with Gasteiger partial charge in [-0.1, -0.05) is 0 Å². The third kappa shape index (κ3) is 1.88. The fourth-order valence-corrected chi connectivity index (χ4v) is 1.09. The molecule has 5 nitrogen and oxygen atoms in total. The molecule has 15 heavy (non-hydrogen) atoms. The van der Waals surface area contributed by atoms with Gasteiger partial charge in [0.2, 0.25) is 5.88 Å². The van der Waals surface area contributed by atoms with E-state index in [0.29, 0.717) is 11.4 Å². The van der Waals surface area contributed by atoms with E-state index in [1.54, 1.807) is 0 Å². The van der Waals surface area contributed by atoms with E-state index < -0.39 is 5.82 Å². The molecule has 0 unspecified atom stereocenters. The zero-order chi connectivity index (χ0) is 10.7. The quantitative estimate of drug-likeness (QED) is 0.735. The molecule has 2 rings (SSSR count). The summed E-state index contributed by atoms with van der Waals surface area (Å²) in [4.78, 5) is 15.2. The molecule has 0 atom stereocenters. The highest BCUT2D eigenvalue weighted by Gasteiger charge is 2.07. The second-order valence-electron chi connectivity index (χ2n) is 2.68. The fourth-order valence-electron chi connectivity index (χ4n) is 1.09. The minimum Gasteiger partial charge on any atom is -0.479 e. The molecular weight excluding hydrogens is 199 g/mol. The highest BCUT2D eigenvalue weighted by Crippen LogP contribution is 2.19. The van der Waals surface area contributed by atoms with Crippen LogP contribution in [0.1, 0.15) is 0 Å². The molecule has 0 amide bonds. The minimum atomic E-state index is -0.546. The van der Waals surface area contributed by atoms with E-state index in [1.165, 1.54) is 32.0 Å². The van der Waals surface area contributed by atoms with Crippen molar-refractivity contribution in [2.75, 3.05) is 7.11 Å². The lowest BCUT2D eigenvalue weighted by atomic mass is 10.2. The van der Waals surface area contributed by atoms with Crippen molar-refractivity contribution in [2.45, 2.75) is 0 Å². The Balaban J connectivity index is 2.43. The molecule has 0 aliphatic heterocycles. The molecular formula is C9H7FN4O. The highest BCUT2D eigenvalue weighted by molar-refractivity contribution is 5.53.